The number of methoxy groups -OCH3 is 1. The van der Waals surface area contributed by atoms with Gasteiger partial charge in [-0.2, -0.15) is 4.68 Å². The first-order valence-corrected chi connectivity index (χ1v) is 5.49. The van der Waals surface area contributed by atoms with Crippen LogP contribution in [0.3, 0.4) is 0 Å². The third-order valence-corrected chi connectivity index (χ3v) is 2.46. The van der Waals surface area contributed by atoms with Crippen molar-refractivity contribution >= 4 is 11.8 Å². The number of carbonyl (C=O) groups is 1. The molecule has 0 bridgehead atoms. The van der Waals surface area contributed by atoms with Crippen LogP contribution in [0.4, 0.5) is 5.82 Å². The summed E-state index contributed by atoms with van der Waals surface area (Å²) in [7, 11) is 1.28. The van der Waals surface area contributed by atoms with Gasteiger partial charge in [0, 0.05) is 5.41 Å². The second-order valence-electron chi connectivity index (χ2n) is 4.91. The number of nitrogen functional groups attached to an aromatic ring is 1. The van der Waals surface area contributed by atoms with Gasteiger partial charge in [-0.3, -0.25) is 0 Å². The summed E-state index contributed by atoms with van der Waals surface area (Å²) >= 11 is 0. The quantitative estimate of drug-likeness (QED) is 0.771. The Morgan fingerprint density at radius 2 is 2.05 bits per heavy atom. The summed E-state index contributed by atoms with van der Waals surface area (Å²) in [4.78, 5) is 11.7. The number of esters is 1. The highest BCUT2D eigenvalue weighted by molar-refractivity contribution is 5.88. The molecule has 0 aliphatic rings. The Labute approximate surface area is 108 Å². The molecule has 2 aromatic heterocycles. The Kier molecular flexibility index (Phi) is 2.97. The molecule has 0 aliphatic carbocycles. The minimum Gasteiger partial charge on any atom is -0.464 e. The first kappa shape index (κ1) is 13.0. The summed E-state index contributed by atoms with van der Waals surface area (Å²) in [6.45, 7) is 5.70. The van der Waals surface area contributed by atoms with Gasteiger partial charge in [0.1, 0.15) is 0 Å². The van der Waals surface area contributed by atoms with Crippen LogP contribution in [0.1, 0.15) is 37.0 Å². The molecule has 19 heavy (non-hydrogen) atoms. The summed E-state index contributed by atoms with van der Waals surface area (Å²) in [6, 6.07) is 0. The number of hydrogen-bond donors (Lipinski definition) is 1. The maximum Gasteiger partial charge on any atom is 0.360 e. The molecule has 0 fully saturated rings. The zero-order chi connectivity index (χ0) is 14.2. The first-order valence-electron chi connectivity index (χ1n) is 5.49. The lowest BCUT2D eigenvalue weighted by molar-refractivity contribution is 0.0591. The largest absolute Gasteiger partial charge is 0.464 e. The zero-order valence-electron chi connectivity index (χ0n) is 11.0. The van der Waals surface area contributed by atoms with E-state index in [1.54, 1.807) is 0 Å². The van der Waals surface area contributed by atoms with Gasteiger partial charge in [0.25, 0.3) is 0 Å². The Bertz CT molecular complexity index is 609. The molecule has 2 N–H and O–H groups in total. The van der Waals surface area contributed by atoms with Crippen molar-refractivity contribution in [2.24, 2.45) is 0 Å². The summed E-state index contributed by atoms with van der Waals surface area (Å²) in [5.41, 5.74) is 5.82. The maximum atomic E-state index is 11.7. The molecule has 0 aromatic carbocycles. The average molecular weight is 266 g/mol. The number of hydrogen-bond acceptors (Lipinski definition) is 8. The molecule has 0 amide bonds. The van der Waals surface area contributed by atoms with E-state index >= 15 is 0 Å². The highest BCUT2D eigenvalue weighted by atomic mass is 16.6. The highest BCUT2D eigenvalue weighted by Crippen LogP contribution is 2.28. The number of aromatic nitrogens is 5. The molecular formula is C10H14N6O3. The number of carbonyl (C=O) groups excluding carboxylic acids is 1. The van der Waals surface area contributed by atoms with Crippen molar-refractivity contribution in [1.82, 2.24) is 25.3 Å². The lowest BCUT2D eigenvalue weighted by Crippen LogP contribution is -2.22. The second-order valence-corrected chi connectivity index (χ2v) is 4.91. The van der Waals surface area contributed by atoms with Gasteiger partial charge in [0.05, 0.1) is 12.8 Å². The minimum absolute atomic E-state index is 0.0619. The molecule has 0 unspecified atom stereocenters. The molecule has 0 aliphatic heterocycles. The number of nitrogens with zero attached hydrogens (tertiary/aromatic N) is 5. The fourth-order valence-electron chi connectivity index (χ4n) is 1.68. The molecule has 0 saturated carbocycles. The van der Waals surface area contributed by atoms with Crippen molar-refractivity contribution in [3.05, 3.63) is 11.4 Å². The van der Waals surface area contributed by atoms with Crippen molar-refractivity contribution in [3.63, 3.8) is 0 Å². The molecule has 0 radical (unpaired) electrons. The van der Waals surface area contributed by atoms with Gasteiger partial charge >= 0.3 is 5.97 Å². The van der Waals surface area contributed by atoms with Crippen LogP contribution in [-0.4, -0.2) is 38.4 Å². The van der Waals surface area contributed by atoms with Crippen LogP contribution in [0.25, 0.3) is 5.82 Å². The van der Waals surface area contributed by atoms with Crippen molar-refractivity contribution in [1.29, 1.82) is 0 Å². The third-order valence-electron chi connectivity index (χ3n) is 2.46. The molecule has 0 saturated heterocycles. The SMILES string of the molecule is COC(=O)c1nnn(-c2nonc2N)c1C(C)(C)C. The molecule has 2 aromatic rings. The van der Waals surface area contributed by atoms with Crippen molar-refractivity contribution in [2.45, 2.75) is 26.2 Å². The summed E-state index contributed by atoms with van der Waals surface area (Å²) in [5, 5.41) is 14.8. The molecule has 9 heteroatoms. The Hall–Kier alpha value is -2.45. The van der Waals surface area contributed by atoms with Crippen LogP contribution in [0.5, 0.6) is 0 Å². The van der Waals surface area contributed by atoms with E-state index in [1.165, 1.54) is 11.8 Å². The molecule has 2 heterocycles. The molecule has 0 atom stereocenters. The summed E-state index contributed by atoms with van der Waals surface area (Å²) in [6.07, 6.45) is 0. The maximum absolute atomic E-state index is 11.7. The molecule has 9 nitrogen and oxygen atoms in total. The van der Waals surface area contributed by atoms with Gasteiger partial charge in [-0.25, -0.2) is 9.42 Å². The average Bonchev–Trinajstić information content (AvgIpc) is 2.92. The lowest BCUT2D eigenvalue weighted by Gasteiger charge is -2.19. The molecule has 102 valence electrons. The molecule has 0 spiro atoms. The summed E-state index contributed by atoms with van der Waals surface area (Å²) in [5.74, 6) is -0.328. The molecule has 2 rings (SSSR count). The standard InChI is InChI=1S/C10H14N6O3/c1-10(2,3)6-5(9(17)18-4)12-15-16(6)8-7(11)13-19-14-8/h1-4H3,(H2,11,13). The number of ether oxygens (including phenoxy) is 1. The molecular weight excluding hydrogens is 252 g/mol. The van der Waals surface area contributed by atoms with Crippen molar-refractivity contribution in [3.8, 4) is 5.82 Å². The van der Waals surface area contributed by atoms with Crippen LogP contribution < -0.4 is 5.73 Å². The van der Waals surface area contributed by atoms with Crippen LogP contribution in [0.15, 0.2) is 4.63 Å². The van der Waals surface area contributed by atoms with E-state index < -0.39 is 11.4 Å². The van der Waals surface area contributed by atoms with E-state index in [0.29, 0.717) is 5.69 Å². The van der Waals surface area contributed by atoms with Gasteiger partial charge in [-0.1, -0.05) is 26.0 Å². The number of rotatable bonds is 2. The normalized spacial score (nSPS) is 11.6. The van der Waals surface area contributed by atoms with E-state index in [1.807, 2.05) is 20.8 Å². The van der Waals surface area contributed by atoms with Crippen LogP contribution in [0.2, 0.25) is 0 Å². The fourth-order valence-corrected chi connectivity index (χ4v) is 1.68. The van der Waals surface area contributed by atoms with Gasteiger partial charge < -0.3 is 10.5 Å². The van der Waals surface area contributed by atoms with Gasteiger partial charge in [0.15, 0.2) is 5.69 Å². The number of anilines is 1. The monoisotopic (exact) mass is 266 g/mol. The topological polar surface area (TPSA) is 122 Å². The highest BCUT2D eigenvalue weighted by Gasteiger charge is 2.32. The lowest BCUT2D eigenvalue weighted by atomic mass is 9.90. The predicted molar refractivity (Wildman–Crippen MR) is 63.7 cm³/mol. The summed E-state index contributed by atoms with van der Waals surface area (Å²) < 4.78 is 10.6. The van der Waals surface area contributed by atoms with Crippen molar-refractivity contribution in [2.75, 3.05) is 12.8 Å². The van der Waals surface area contributed by atoms with Crippen molar-refractivity contribution < 1.29 is 14.2 Å². The van der Waals surface area contributed by atoms with E-state index in [-0.39, 0.29) is 17.3 Å². The zero-order valence-corrected chi connectivity index (χ0v) is 11.0. The van der Waals surface area contributed by atoms with Crippen LogP contribution in [-0.2, 0) is 10.2 Å². The van der Waals surface area contributed by atoms with E-state index in [0.717, 1.165) is 0 Å². The Balaban J connectivity index is 2.67. The van der Waals surface area contributed by atoms with Gasteiger partial charge in [-0.15, -0.1) is 5.10 Å². The third kappa shape index (κ3) is 2.14. The van der Waals surface area contributed by atoms with Gasteiger partial charge in [0.2, 0.25) is 11.6 Å². The predicted octanol–water partition coefficient (Wildman–Crippen LogP) is 0.317. The second kappa shape index (κ2) is 4.34. The van der Waals surface area contributed by atoms with E-state index in [9.17, 15) is 4.79 Å². The van der Waals surface area contributed by atoms with Crippen LogP contribution >= 0.6 is 0 Å². The Morgan fingerprint density at radius 1 is 1.37 bits per heavy atom. The van der Waals surface area contributed by atoms with Crippen LogP contribution in [0, 0.1) is 0 Å². The van der Waals surface area contributed by atoms with E-state index in [2.05, 4.69) is 30.0 Å². The smallest absolute Gasteiger partial charge is 0.360 e. The fraction of sp³-hybridized carbons (Fsp3) is 0.500. The number of nitrogens with two attached hydrogens (primary N) is 1. The first-order chi connectivity index (χ1) is 8.86. The van der Waals surface area contributed by atoms with Gasteiger partial charge in [-0.05, 0) is 10.3 Å². The minimum atomic E-state index is -0.578. The van der Waals surface area contributed by atoms with E-state index in [4.69, 9.17) is 5.73 Å². The Morgan fingerprint density at radius 3 is 2.53 bits per heavy atom.